The Labute approximate surface area is 156 Å². The summed E-state index contributed by atoms with van der Waals surface area (Å²) >= 11 is 0. The summed E-state index contributed by atoms with van der Waals surface area (Å²) in [4.78, 5) is 36.7. The molecular weight excluding hydrogens is 344 g/mol. The molecule has 0 aliphatic carbocycles. The van der Waals surface area contributed by atoms with Gasteiger partial charge in [-0.1, -0.05) is 6.07 Å². The van der Waals surface area contributed by atoms with Crippen molar-refractivity contribution in [2.45, 2.75) is 13.8 Å². The number of nitrogens with zero attached hydrogens (tertiary/aromatic N) is 3. The molecule has 0 saturated carbocycles. The van der Waals surface area contributed by atoms with Gasteiger partial charge in [-0.05, 0) is 43.2 Å². The maximum absolute atomic E-state index is 12.3. The van der Waals surface area contributed by atoms with Crippen molar-refractivity contribution in [3.63, 3.8) is 0 Å². The van der Waals surface area contributed by atoms with Crippen LogP contribution in [0.4, 0.5) is 5.82 Å². The van der Waals surface area contributed by atoms with Crippen LogP contribution in [-0.2, 0) is 4.74 Å². The molecule has 0 unspecified atom stereocenters. The van der Waals surface area contributed by atoms with E-state index in [1.54, 1.807) is 36.8 Å². The average Bonchev–Trinajstić information content (AvgIpc) is 2.68. The number of anilines is 1. The Morgan fingerprint density at radius 2 is 1.81 bits per heavy atom. The van der Waals surface area contributed by atoms with Crippen molar-refractivity contribution < 1.29 is 14.3 Å². The largest absolute Gasteiger partial charge is 0.465 e. The molecule has 1 amide bonds. The summed E-state index contributed by atoms with van der Waals surface area (Å²) in [6, 6.07) is 6.88. The minimum atomic E-state index is -0.416. The van der Waals surface area contributed by atoms with Gasteiger partial charge in [0.15, 0.2) is 5.82 Å². The molecule has 1 N–H and O–H groups in total. The molecule has 0 aliphatic rings. The first-order valence-corrected chi connectivity index (χ1v) is 8.23. The predicted octanol–water partition coefficient (Wildman–Crippen LogP) is 3.19. The Balaban J connectivity index is 1.83. The van der Waals surface area contributed by atoms with E-state index in [0.717, 1.165) is 16.7 Å². The van der Waals surface area contributed by atoms with E-state index in [2.05, 4.69) is 20.3 Å². The van der Waals surface area contributed by atoms with E-state index in [-0.39, 0.29) is 5.91 Å². The van der Waals surface area contributed by atoms with Crippen molar-refractivity contribution in [2.75, 3.05) is 12.4 Å². The van der Waals surface area contributed by atoms with Gasteiger partial charge in [-0.15, -0.1) is 0 Å². The fraction of sp³-hybridized carbons (Fsp3) is 0.150. The Morgan fingerprint density at radius 1 is 1.00 bits per heavy atom. The van der Waals surface area contributed by atoms with Crippen LogP contribution in [0.1, 0.15) is 31.8 Å². The van der Waals surface area contributed by atoms with Crippen LogP contribution < -0.4 is 5.32 Å². The second-order valence-electron chi connectivity index (χ2n) is 5.95. The first kappa shape index (κ1) is 18.2. The van der Waals surface area contributed by atoms with E-state index in [1.807, 2.05) is 19.9 Å². The molecule has 0 fully saturated rings. The van der Waals surface area contributed by atoms with Gasteiger partial charge in [0.1, 0.15) is 0 Å². The first-order chi connectivity index (χ1) is 13.0. The van der Waals surface area contributed by atoms with Crippen LogP contribution in [0, 0.1) is 13.8 Å². The van der Waals surface area contributed by atoms with Gasteiger partial charge < -0.3 is 10.1 Å². The molecule has 7 heteroatoms. The van der Waals surface area contributed by atoms with Crippen molar-refractivity contribution in [1.29, 1.82) is 0 Å². The van der Waals surface area contributed by atoms with Gasteiger partial charge in [-0.25, -0.2) is 9.78 Å². The Hall–Kier alpha value is -3.61. The third-order valence-corrected chi connectivity index (χ3v) is 4.09. The van der Waals surface area contributed by atoms with Crippen molar-refractivity contribution in [1.82, 2.24) is 15.0 Å². The number of benzene rings is 1. The summed E-state index contributed by atoms with van der Waals surface area (Å²) < 4.78 is 4.75. The molecule has 27 heavy (non-hydrogen) atoms. The number of hydrogen-bond acceptors (Lipinski definition) is 6. The fourth-order valence-electron chi connectivity index (χ4n) is 2.59. The molecule has 2 heterocycles. The maximum atomic E-state index is 12.3. The van der Waals surface area contributed by atoms with Crippen molar-refractivity contribution in [3.8, 4) is 11.3 Å². The molecule has 7 nitrogen and oxygen atoms in total. The smallest absolute Gasteiger partial charge is 0.337 e. The quantitative estimate of drug-likeness (QED) is 0.716. The van der Waals surface area contributed by atoms with Gasteiger partial charge in [-0.3, -0.25) is 14.8 Å². The zero-order valence-corrected chi connectivity index (χ0v) is 15.2. The van der Waals surface area contributed by atoms with Crippen molar-refractivity contribution in [2.24, 2.45) is 0 Å². The summed E-state index contributed by atoms with van der Waals surface area (Å²) in [7, 11) is 1.34. The summed E-state index contributed by atoms with van der Waals surface area (Å²) in [6.45, 7) is 3.73. The van der Waals surface area contributed by atoms with E-state index in [4.69, 9.17) is 4.74 Å². The highest BCUT2D eigenvalue weighted by molar-refractivity contribution is 6.04. The molecule has 0 aliphatic heterocycles. The predicted molar refractivity (Wildman–Crippen MR) is 100 cm³/mol. The topological polar surface area (TPSA) is 94.1 Å². The van der Waals surface area contributed by atoms with E-state index >= 15 is 0 Å². The van der Waals surface area contributed by atoms with Crippen LogP contribution in [0.15, 0.2) is 49.1 Å². The summed E-state index contributed by atoms with van der Waals surface area (Å²) in [5, 5.41) is 2.72. The van der Waals surface area contributed by atoms with Gasteiger partial charge in [0.25, 0.3) is 5.91 Å². The number of pyridine rings is 1. The molecule has 0 saturated heterocycles. The van der Waals surface area contributed by atoms with Crippen LogP contribution in [-0.4, -0.2) is 33.9 Å². The monoisotopic (exact) mass is 362 g/mol. The lowest BCUT2D eigenvalue weighted by Crippen LogP contribution is -2.14. The van der Waals surface area contributed by atoms with Crippen LogP contribution in [0.3, 0.4) is 0 Å². The number of ether oxygens (including phenoxy) is 1. The lowest BCUT2D eigenvalue weighted by Gasteiger charge is -2.09. The summed E-state index contributed by atoms with van der Waals surface area (Å²) in [6.07, 6.45) is 6.22. The average molecular weight is 362 g/mol. The molecule has 2 aromatic heterocycles. The second kappa shape index (κ2) is 7.74. The number of rotatable bonds is 4. The van der Waals surface area contributed by atoms with Gasteiger partial charge in [0, 0.05) is 23.5 Å². The molecule has 0 spiro atoms. The Kier molecular flexibility index (Phi) is 5.21. The number of carbonyl (C=O) groups excluding carboxylic acids is 2. The molecule has 3 aromatic rings. The number of esters is 1. The summed E-state index contributed by atoms with van der Waals surface area (Å²) in [5.74, 6) is -0.358. The normalized spacial score (nSPS) is 10.3. The van der Waals surface area contributed by atoms with E-state index < -0.39 is 5.97 Å². The third kappa shape index (κ3) is 3.98. The van der Waals surface area contributed by atoms with Crippen molar-refractivity contribution in [3.05, 3.63) is 71.3 Å². The van der Waals surface area contributed by atoms with Gasteiger partial charge in [0.05, 0.1) is 30.8 Å². The van der Waals surface area contributed by atoms with E-state index in [1.165, 1.54) is 13.3 Å². The molecule has 136 valence electrons. The minimum Gasteiger partial charge on any atom is -0.465 e. The molecule has 0 radical (unpaired) electrons. The Bertz CT molecular complexity index is 1000. The Morgan fingerprint density at radius 3 is 2.48 bits per heavy atom. The lowest BCUT2D eigenvalue weighted by molar-refractivity contribution is 0.0600. The third-order valence-electron chi connectivity index (χ3n) is 4.09. The standard InChI is InChI=1S/C20H18N4O3/c1-12-4-5-14(20(26)27-3)8-16(12)17-10-23-18(11-22-17)24-19(25)15-6-7-21-9-13(15)2/h4-11H,1-3H3,(H,23,24,25). The van der Waals surface area contributed by atoms with E-state index in [9.17, 15) is 9.59 Å². The minimum absolute atomic E-state index is 0.277. The van der Waals surface area contributed by atoms with Crippen LogP contribution in [0.2, 0.25) is 0 Å². The van der Waals surface area contributed by atoms with Crippen LogP contribution >= 0.6 is 0 Å². The van der Waals surface area contributed by atoms with Gasteiger partial charge in [0.2, 0.25) is 0 Å². The second-order valence-corrected chi connectivity index (χ2v) is 5.95. The number of methoxy groups -OCH3 is 1. The highest BCUT2D eigenvalue weighted by Gasteiger charge is 2.12. The molecular formula is C20H18N4O3. The zero-order chi connectivity index (χ0) is 19.4. The number of aryl methyl sites for hydroxylation is 2. The number of hydrogen-bond donors (Lipinski definition) is 1. The van der Waals surface area contributed by atoms with Gasteiger partial charge in [-0.2, -0.15) is 0 Å². The number of nitrogens with one attached hydrogen (secondary N) is 1. The highest BCUT2D eigenvalue weighted by Crippen LogP contribution is 2.23. The first-order valence-electron chi connectivity index (χ1n) is 8.23. The van der Waals surface area contributed by atoms with Gasteiger partial charge >= 0.3 is 5.97 Å². The maximum Gasteiger partial charge on any atom is 0.337 e. The van der Waals surface area contributed by atoms with Crippen LogP contribution in [0.5, 0.6) is 0 Å². The lowest BCUT2D eigenvalue weighted by atomic mass is 10.0. The molecule has 3 rings (SSSR count). The fourth-order valence-corrected chi connectivity index (χ4v) is 2.59. The zero-order valence-electron chi connectivity index (χ0n) is 15.2. The molecule has 0 bridgehead atoms. The van der Waals surface area contributed by atoms with Crippen LogP contribution in [0.25, 0.3) is 11.3 Å². The number of aromatic nitrogens is 3. The molecule has 1 aromatic carbocycles. The summed E-state index contributed by atoms with van der Waals surface area (Å²) in [5.41, 5.74) is 4.04. The number of carbonyl (C=O) groups is 2. The molecule has 0 atom stereocenters. The van der Waals surface area contributed by atoms with E-state index in [0.29, 0.717) is 22.6 Å². The SMILES string of the molecule is COC(=O)c1ccc(C)c(-c2cnc(NC(=O)c3ccncc3C)cn2)c1. The van der Waals surface area contributed by atoms with Crippen molar-refractivity contribution >= 4 is 17.7 Å². The highest BCUT2D eigenvalue weighted by atomic mass is 16.5. The number of amides is 1.